The summed E-state index contributed by atoms with van der Waals surface area (Å²) in [5, 5.41) is 12.4. The fourth-order valence-electron chi connectivity index (χ4n) is 3.09. The lowest BCUT2D eigenvalue weighted by atomic mass is 10.1. The first-order valence-corrected chi connectivity index (χ1v) is 9.56. The molecule has 2 aromatic heterocycles. The topological polar surface area (TPSA) is 88.3 Å². The van der Waals surface area contributed by atoms with Crippen molar-refractivity contribution in [2.24, 2.45) is 0 Å². The third-order valence-corrected chi connectivity index (χ3v) is 5.50. The Morgan fingerprint density at radius 3 is 3.04 bits per heavy atom. The maximum absolute atomic E-state index is 12.4. The summed E-state index contributed by atoms with van der Waals surface area (Å²) < 4.78 is 5.16. The third kappa shape index (κ3) is 4.06. The number of carbonyl (C=O) groups is 2. The standard InChI is InChI=1S/C19H18N4O3S/c24-17(21-15-3-1-2-13(10-15)19-22-20-12-26-19)4-5-18(25)23-8-6-16-14(11-23)7-9-27-16/h1-3,7,9-10,12H,4-6,8,11H2,(H,21,24). The van der Waals surface area contributed by atoms with Crippen LogP contribution in [0.1, 0.15) is 23.3 Å². The van der Waals surface area contributed by atoms with Crippen LogP contribution in [0.4, 0.5) is 5.69 Å². The van der Waals surface area contributed by atoms with Crippen LogP contribution in [-0.2, 0) is 22.6 Å². The largest absolute Gasteiger partial charge is 0.423 e. The average Bonchev–Trinajstić information content (AvgIpc) is 3.37. The van der Waals surface area contributed by atoms with Crippen LogP contribution in [0, 0.1) is 0 Å². The number of benzene rings is 1. The maximum atomic E-state index is 12.4. The summed E-state index contributed by atoms with van der Waals surface area (Å²) in [5.41, 5.74) is 2.58. The minimum Gasteiger partial charge on any atom is -0.423 e. The second-order valence-corrected chi connectivity index (χ2v) is 7.31. The van der Waals surface area contributed by atoms with E-state index in [1.165, 1.54) is 16.8 Å². The van der Waals surface area contributed by atoms with Gasteiger partial charge in [0.1, 0.15) is 0 Å². The van der Waals surface area contributed by atoms with Crippen LogP contribution in [0.15, 0.2) is 46.5 Å². The van der Waals surface area contributed by atoms with E-state index in [0.717, 1.165) is 18.5 Å². The molecule has 2 amide bonds. The number of carbonyl (C=O) groups excluding carboxylic acids is 2. The van der Waals surface area contributed by atoms with Crippen molar-refractivity contribution in [2.75, 3.05) is 11.9 Å². The zero-order chi connectivity index (χ0) is 18.6. The Morgan fingerprint density at radius 2 is 2.19 bits per heavy atom. The molecular formula is C19H18N4O3S. The van der Waals surface area contributed by atoms with Crippen molar-refractivity contribution >= 4 is 28.8 Å². The fourth-order valence-corrected chi connectivity index (χ4v) is 3.98. The van der Waals surface area contributed by atoms with Gasteiger partial charge in [0, 0.05) is 42.1 Å². The van der Waals surface area contributed by atoms with Gasteiger partial charge < -0.3 is 14.6 Å². The van der Waals surface area contributed by atoms with Gasteiger partial charge in [-0.2, -0.15) is 0 Å². The highest BCUT2D eigenvalue weighted by atomic mass is 32.1. The van der Waals surface area contributed by atoms with E-state index in [1.807, 2.05) is 11.0 Å². The number of nitrogens with one attached hydrogen (secondary N) is 1. The molecule has 8 heteroatoms. The Hall–Kier alpha value is -3.00. The molecule has 0 atom stereocenters. The van der Waals surface area contributed by atoms with Crippen LogP contribution in [-0.4, -0.2) is 33.5 Å². The minimum atomic E-state index is -0.195. The molecule has 0 saturated heterocycles. The number of amides is 2. The molecule has 3 aromatic rings. The Balaban J connectivity index is 1.30. The number of hydrogen-bond acceptors (Lipinski definition) is 6. The van der Waals surface area contributed by atoms with E-state index in [9.17, 15) is 9.59 Å². The van der Waals surface area contributed by atoms with Gasteiger partial charge in [0.25, 0.3) is 0 Å². The van der Waals surface area contributed by atoms with Gasteiger partial charge in [0.05, 0.1) is 0 Å². The van der Waals surface area contributed by atoms with Crippen LogP contribution < -0.4 is 5.32 Å². The van der Waals surface area contributed by atoms with Crippen LogP contribution in [0.5, 0.6) is 0 Å². The van der Waals surface area contributed by atoms with Crippen LogP contribution >= 0.6 is 11.3 Å². The lowest BCUT2D eigenvalue weighted by molar-refractivity contribution is -0.133. The molecular weight excluding hydrogens is 364 g/mol. The van der Waals surface area contributed by atoms with Crippen molar-refractivity contribution in [1.29, 1.82) is 0 Å². The Kier molecular flexibility index (Phi) is 4.97. The summed E-state index contributed by atoms with van der Waals surface area (Å²) in [5.74, 6) is 0.208. The second kappa shape index (κ2) is 7.71. The zero-order valence-electron chi connectivity index (χ0n) is 14.6. The van der Waals surface area contributed by atoms with Gasteiger partial charge >= 0.3 is 0 Å². The van der Waals surface area contributed by atoms with Crippen molar-refractivity contribution in [2.45, 2.75) is 25.8 Å². The molecule has 0 radical (unpaired) electrons. The predicted octanol–water partition coefficient (Wildman–Crippen LogP) is 3.10. The molecule has 138 valence electrons. The molecule has 27 heavy (non-hydrogen) atoms. The number of hydrogen-bond donors (Lipinski definition) is 1. The first kappa shape index (κ1) is 17.4. The molecule has 4 rings (SSSR count). The Labute approximate surface area is 160 Å². The molecule has 7 nitrogen and oxygen atoms in total. The van der Waals surface area contributed by atoms with E-state index in [2.05, 4.69) is 27.0 Å². The summed E-state index contributed by atoms with van der Waals surface area (Å²) in [6.07, 6.45) is 2.50. The van der Waals surface area contributed by atoms with Crippen LogP contribution in [0.3, 0.4) is 0 Å². The van der Waals surface area contributed by atoms with E-state index < -0.39 is 0 Å². The first-order chi connectivity index (χ1) is 13.2. The molecule has 3 heterocycles. The number of fused-ring (bicyclic) bond motifs is 1. The summed E-state index contributed by atoms with van der Waals surface area (Å²) in [6, 6.07) is 9.23. The number of rotatable bonds is 5. The summed E-state index contributed by atoms with van der Waals surface area (Å²) in [6.45, 7) is 1.37. The summed E-state index contributed by atoms with van der Waals surface area (Å²) in [7, 11) is 0. The normalized spacial score (nSPS) is 13.3. The SMILES string of the molecule is O=C(CCC(=O)N1CCc2sccc2C1)Nc1cccc(-c2nnco2)c1. The monoisotopic (exact) mass is 382 g/mol. The van der Waals surface area contributed by atoms with Gasteiger partial charge in [0.2, 0.25) is 24.1 Å². The smallest absolute Gasteiger partial charge is 0.247 e. The third-order valence-electron chi connectivity index (χ3n) is 4.48. The lowest BCUT2D eigenvalue weighted by Crippen LogP contribution is -2.35. The van der Waals surface area contributed by atoms with Crippen molar-refractivity contribution < 1.29 is 14.0 Å². The molecule has 0 fully saturated rings. The number of aromatic nitrogens is 2. The van der Waals surface area contributed by atoms with Crippen molar-refractivity contribution in [3.05, 3.63) is 52.5 Å². The summed E-state index contributed by atoms with van der Waals surface area (Å²) >= 11 is 1.74. The van der Waals surface area contributed by atoms with Crippen molar-refractivity contribution in [1.82, 2.24) is 15.1 Å². The van der Waals surface area contributed by atoms with Crippen LogP contribution in [0.25, 0.3) is 11.5 Å². The van der Waals surface area contributed by atoms with Gasteiger partial charge in [-0.3, -0.25) is 9.59 Å². The Morgan fingerprint density at radius 1 is 1.26 bits per heavy atom. The second-order valence-electron chi connectivity index (χ2n) is 6.31. The maximum Gasteiger partial charge on any atom is 0.247 e. The van der Waals surface area contributed by atoms with Gasteiger partial charge in [0.15, 0.2) is 0 Å². The molecule has 1 N–H and O–H groups in total. The minimum absolute atomic E-state index is 0.0154. The van der Waals surface area contributed by atoms with Gasteiger partial charge in [-0.05, 0) is 41.6 Å². The highest BCUT2D eigenvalue weighted by Gasteiger charge is 2.21. The van der Waals surface area contributed by atoms with Crippen molar-refractivity contribution in [3.63, 3.8) is 0 Å². The van der Waals surface area contributed by atoms with Gasteiger partial charge in [-0.25, -0.2) is 0 Å². The molecule has 0 saturated carbocycles. The first-order valence-electron chi connectivity index (χ1n) is 8.68. The van der Waals surface area contributed by atoms with E-state index in [4.69, 9.17) is 4.42 Å². The van der Waals surface area contributed by atoms with E-state index >= 15 is 0 Å². The molecule has 0 aliphatic carbocycles. The average molecular weight is 382 g/mol. The van der Waals surface area contributed by atoms with Crippen molar-refractivity contribution in [3.8, 4) is 11.5 Å². The highest BCUT2D eigenvalue weighted by molar-refractivity contribution is 7.10. The number of nitrogens with zero attached hydrogens (tertiary/aromatic N) is 3. The van der Waals surface area contributed by atoms with Gasteiger partial charge in [-0.15, -0.1) is 21.5 Å². The van der Waals surface area contributed by atoms with E-state index in [-0.39, 0.29) is 24.7 Å². The van der Waals surface area contributed by atoms with E-state index in [0.29, 0.717) is 18.1 Å². The quantitative estimate of drug-likeness (QED) is 0.732. The molecule has 1 aliphatic heterocycles. The molecule has 0 spiro atoms. The zero-order valence-corrected chi connectivity index (χ0v) is 15.4. The highest BCUT2D eigenvalue weighted by Crippen LogP contribution is 2.24. The number of anilines is 1. The molecule has 0 unspecified atom stereocenters. The fraction of sp³-hybridized carbons (Fsp3) is 0.263. The predicted molar refractivity (Wildman–Crippen MR) is 101 cm³/mol. The number of thiophene rings is 1. The molecule has 1 aromatic carbocycles. The van der Waals surface area contributed by atoms with Crippen LogP contribution in [0.2, 0.25) is 0 Å². The Bertz CT molecular complexity index is 952. The molecule has 1 aliphatic rings. The van der Waals surface area contributed by atoms with Gasteiger partial charge in [-0.1, -0.05) is 6.07 Å². The molecule has 0 bridgehead atoms. The lowest BCUT2D eigenvalue weighted by Gasteiger charge is -2.27. The summed E-state index contributed by atoms with van der Waals surface area (Å²) in [4.78, 5) is 27.8. The van der Waals surface area contributed by atoms with E-state index in [1.54, 1.807) is 29.5 Å².